The predicted octanol–water partition coefficient (Wildman–Crippen LogP) is 4.73. The van der Waals surface area contributed by atoms with Gasteiger partial charge in [-0.2, -0.15) is 13.2 Å². The van der Waals surface area contributed by atoms with E-state index in [4.69, 9.17) is 11.6 Å². The fraction of sp³-hybridized carbons (Fsp3) is 0.0667. The molecule has 1 aromatic carbocycles. The smallest absolute Gasteiger partial charge is 0.346 e. The lowest BCUT2D eigenvalue weighted by molar-refractivity contribution is -0.137. The summed E-state index contributed by atoms with van der Waals surface area (Å²) in [5.41, 5.74) is 1.08. The van der Waals surface area contributed by atoms with Gasteiger partial charge in [-0.05, 0) is 18.2 Å². The first-order valence-electron chi connectivity index (χ1n) is 6.48. The molecule has 3 rings (SSSR count). The lowest BCUT2D eigenvalue weighted by atomic mass is 10.1. The first kappa shape index (κ1) is 15.4. The first-order chi connectivity index (χ1) is 10.8. The Bertz CT molecular complexity index is 815. The number of hydrogen-bond acceptors (Lipinski definition) is 4. The van der Waals surface area contributed by atoms with Gasteiger partial charge in [0, 0.05) is 17.5 Å². The molecule has 1 aliphatic heterocycles. The summed E-state index contributed by atoms with van der Waals surface area (Å²) in [5, 5.41) is 5.85. The molecule has 0 saturated carbocycles. The van der Waals surface area contributed by atoms with Crippen molar-refractivity contribution in [2.24, 2.45) is 4.99 Å². The van der Waals surface area contributed by atoms with Gasteiger partial charge in [0.25, 0.3) is 0 Å². The van der Waals surface area contributed by atoms with E-state index in [1.165, 1.54) is 18.5 Å². The van der Waals surface area contributed by atoms with Crippen LogP contribution in [-0.4, -0.2) is 11.3 Å². The molecular weight excluding hydrogens is 329 g/mol. The summed E-state index contributed by atoms with van der Waals surface area (Å²) >= 11 is 5.94. The van der Waals surface area contributed by atoms with E-state index in [0.717, 1.165) is 12.1 Å². The van der Waals surface area contributed by atoms with Gasteiger partial charge in [-0.25, -0.2) is 9.98 Å². The van der Waals surface area contributed by atoms with Crippen LogP contribution in [0.3, 0.4) is 0 Å². The van der Waals surface area contributed by atoms with Crippen molar-refractivity contribution in [1.82, 2.24) is 10.3 Å². The van der Waals surface area contributed by atoms with Gasteiger partial charge in [-0.1, -0.05) is 24.2 Å². The summed E-state index contributed by atoms with van der Waals surface area (Å²) in [5.74, 6) is 0.279. The largest absolute Gasteiger partial charge is 0.416 e. The predicted molar refractivity (Wildman–Crippen MR) is 84.3 cm³/mol. The van der Waals surface area contributed by atoms with Crippen LogP contribution in [0.4, 0.5) is 30.4 Å². The van der Waals surface area contributed by atoms with Crippen molar-refractivity contribution >= 4 is 40.8 Å². The average Bonchev–Trinajstić information content (AvgIpc) is 2.46. The van der Waals surface area contributed by atoms with Crippen molar-refractivity contribution in [3.05, 3.63) is 53.2 Å². The summed E-state index contributed by atoms with van der Waals surface area (Å²) in [4.78, 5) is 8.24. The molecule has 2 aromatic rings. The summed E-state index contributed by atoms with van der Waals surface area (Å²) in [6, 6.07) is 6.37. The van der Waals surface area contributed by atoms with Crippen molar-refractivity contribution in [2.45, 2.75) is 6.18 Å². The molecule has 0 radical (unpaired) electrons. The zero-order valence-electron chi connectivity index (χ0n) is 11.6. The van der Waals surface area contributed by atoms with Gasteiger partial charge in [0.05, 0.1) is 23.2 Å². The minimum Gasteiger partial charge on any atom is -0.346 e. The fourth-order valence-corrected chi connectivity index (χ4v) is 2.34. The third-order valence-corrected chi connectivity index (χ3v) is 3.36. The normalized spacial score (nSPS) is 13.5. The number of aromatic nitrogens is 1. The van der Waals surface area contributed by atoms with Crippen LogP contribution in [0, 0.1) is 0 Å². The molecule has 0 unspecified atom stereocenters. The van der Waals surface area contributed by atoms with Crippen molar-refractivity contribution in [3.63, 3.8) is 0 Å². The average molecular weight is 339 g/mol. The fourth-order valence-electron chi connectivity index (χ4n) is 2.15. The van der Waals surface area contributed by atoms with Crippen LogP contribution in [0.1, 0.15) is 11.1 Å². The first-order valence-corrected chi connectivity index (χ1v) is 6.85. The quantitative estimate of drug-likeness (QED) is 0.778. The van der Waals surface area contributed by atoms with Gasteiger partial charge in [0.1, 0.15) is 11.0 Å². The summed E-state index contributed by atoms with van der Waals surface area (Å²) < 4.78 is 38.4. The number of rotatable bonds is 2. The van der Waals surface area contributed by atoms with E-state index in [0.29, 0.717) is 16.9 Å². The second kappa shape index (κ2) is 5.58. The monoisotopic (exact) mass is 338 g/mol. The Morgan fingerprint density at radius 2 is 2.00 bits per heavy atom. The Hall–Kier alpha value is -2.54. The number of nitrogens with zero attached hydrogens (tertiary/aromatic N) is 2. The Labute approximate surface area is 134 Å². The summed E-state index contributed by atoms with van der Waals surface area (Å²) in [6.45, 7) is 3.84. The highest BCUT2D eigenvalue weighted by Gasteiger charge is 2.30. The molecule has 8 heteroatoms. The molecule has 1 aliphatic rings. The molecule has 0 fully saturated rings. The molecule has 2 N–H and O–H groups in total. The second-order valence-corrected chi connectivity index (χ2v) is 5.16. The van der Waals surface area contributed by atoms with Gasteiger partial charge in [-0.15, -0.1) is 0 Å². The lowest BCUT2D eigenvalue weighted by Gasteiger charge is -2.19. The van der Waals surface area contributed by atoms with Crippen molar-refractivity contribution in [3.8, 4) is 0 Å². The van der Waals surface area contributed by atoms with Gasteiger partial charge in [0.15, 0.2) is 0 Å². The topological polar surface area (TPSA) is 49.3 Å². The van der Waals surface area contributed by atoms with Gasteiger partial charge in [-0.3, -0.25) is 0 Å². The number of pyridine rings is 1. The Kier molecular flexibility index (Phi) is 3.73. The molecule has 0 aliphatic carbocycles. The number of halogens is 4. The maximum atomic E-state index is 12.8. The van der Waals surface area contributed by atoms with Crippen molar-refractivity contribution < 1.29 is 13.2 Å². The molecule has 4 nitrogen and oxygen atoms in total. The van der Waals surface area contributed by atoms with E-state index in [1.807, 2.05) is 0 Å². The minimum absolute atomic E-state index is 0.171. The number of aliphatic imine (C=N–C) groups is 1. The zero-order chi connectivity index (χ0) is 16.6. The Morgan fingerprint density at radius 3 is 2.74 bits per heavy atom. The maximum absolute atomic E-state index is 12.8. The van der Waals surface area contributed by atoms with Gasteiger partial charge in [0.2, 0.25) is 0 Å². The molecular formula is C15H10ClF3N4. The summed E-state index contributed by atoms with van der Waals surface area (Å²) in [7, 11) is 0. The molecule has 0 spiro atoms. The molecule has 118 valence electrons. The van der Waals surface area contributed by atoms with Crippen LogP contribution in [0.5, 0.6) is 0 Å². The van der Waals surface area contributed by atoms with Crippen molar-refractivity contribution in [2.75, 3.05) is 5.32 Å². The molecule has 0 saturated heterocycles. The highest BCUT2D eigenvalue weighted by atomic mass is 35.5. The number of benzene rings is 1. The minimum atomic E-state index is -4.42. The maximum Gasteiger partial charge on any atom is 0.416 e. The Balaban J connectivity index is 2.03. The van der Waals surface area contributed by atoms with Crippen LogP contribution in [0.25, 0.3) is 5.70 Å². The third kappa shape index (κ3) is 3.14. The highest BCUT2D eigenvalue weighted by molar-refractivity contribution is 6.30. The Morgan fingerprint density at radius 1 is 1.22 bits per heavy atom. The third-order valence-electron chi connectivity index (χ3n) is 3.16. The van der Waals surface area contributed by atoms with Crippen LogP contribution in [-0.2, 0) is 6.18 Å². The van der Waals surface area contributed by atoms with E-state index < -0.39 is 11.7 Å². The van der Waals surface area contributed by atoms with Crippen molar-refractivity contribution in [1.29, 1.82) is 0 Å². The number of alkyl halides is 3. The van der Waals surface area contributed by atoms with Gasteiger partial charge < -0.3 is 10.6 Å². The number of hydrogen-bond donors (Lipinski definition) is 2. The number of anilines is 2. The van der Waals surface area contributed by atoms with E-state index in [9.17, 15) is 13.2 Å². The summed E-state index contributed by atoms with van der Waals surface area (Å²) in [6.07, 6.45) is -2.97. The van der Waals surface area contributed by atoms with E-state index >= 15 is 0 Å². The molecule has 0 atom stereocenters. The van der Waals surface area contributed by atoms with E-state index in [2.05, 4.69) is 27.2 Å². The SMILES string of the molecule is C=C1NC=Nc2cc(Cl)nc(Nc3cccc(C(F)(F)F)c3)c21. The molecule has 1 aromatic heterocycles. The van der Waals surface area contributed by atoms with Crippen LogP contribution in [0.2, 0.25) is 5.15 Å². The molecule has 23 heavy (non-hydrogen) atoms. The standard InChI is InChI=1S/C15H10ClF3N4/c1-8-13-11(21-7-20-8)6-12(16)23-14(13)22-10-4-2-3-9(5-10)15(17,18)19/h2-7H,1H2,(H,20,21)(H,22,23). The van der Waals surface area contributed by atoms with E-state index in [-0.39, 0.29) is 16.7 Å². The lowest BCUT2D eigenvalue weighted by Crippen LogP contribution is -2.14. The van der Waals surface area contributed by atoms with Crippen LogP contribution < -0.4 is 10.6 Å². The van der Waals surface area contributed by atoms with Crippen LogP contribution >= 0.6 is 11.6 Å². The van der Waals surface area contributed by atoms with E-state index in [1.54, 1.807) is 6.07 Å². The second-order valence-electron chi connectivity index (χ2n) is 4.77. The van der Waals surface area contributed by atoms with Crippen LogP contribution in [0.15, 0.2) is 41.9 Å². The molecule has 2 heterocycles. The molecule has 0 bridgehead atoms. The van der Waals surface area contributed by atoms with Gasteiger partial charge >= 0.3 is 6.18 Å². The highest BCUT2D eigenvalue weighted by Crippen LogP contribution is 2.36. The number of nitrogens with one attached hydrogen (secondary N) is 2. The zero-order valence-corrected chi connectivity index (χ0v) is 12.3. The molecule has 0 amide bonds. The number of fused-ring (bicyclic) bond motifs is 1.